The zero-order chi connectivity index (χ0) is 17.8. The monoisotopic (exact) mass is 395 g/mol. The Labute approximate surface area is 155 Å². The van der Waals surface area contributed by atoms with Crippen LogP contribution in [0.15, 0.2) is 71.2 Å². The van der Waals surface area contributed by atoms with E-state index in [0.29, 0.717) is 12.1 Å². The summed E-state index contributed by atoms with van der Waals surface area (Å²) in [5, 5.41) is 12.9. The van der Waals surface area contributed by atoms with Gasteiger partial charge >= 0.3 is 5.97 Å². The molecule has 126 valence electrons. The van der Waals surface area contributed by atoms with Gasteiger partial charge in [-0.1, -0.05) is 52.3 Å². The first-order chi connectivity index (χ1) is 12.0. The molecule has 3 aromatic carbocycles. The van der Waals surface area contributed by atoms with Crippen molar-refractivity contribution in [2.45, 2.75) is 13.5 Å². The summed E-state index contributed by atoms with van der Waals surface area (Å²) < 4.78 is 0.977. The van der Waals surface area contributed by atoms with Gasteiger partial charge in [0.05, 0.1) is 5.56 Å². The van der Waals surface area contributed by atoms with Gasteiger partial charge in [-0.2, -0.15) is 0 Å². The fraction of sp³-hybridized carbons (Fsp3) is 0.0952. The zero-order valence-electron chi connectivity index (χ0n) is 13.8. The summed E-state index contributed by atoms with van der Waals surface area (Å²) in [6, 6.07) is 21.6. The second-order valence-corrected chi connectivity index (χ2v) is 6.78. The minimum absolute atomic E-state index is 0.333. The van der Waals surface area contributed by atoms with Gasteiger partial charge in [0.15, 0.2) is 0 Å². The largest absolute Gasteiger partial charge is 0.478 e. The second kappa shape index (κ2) is 7.53. The first-order valence-electron chi connectivity index (χ1n) is 7.96. The van der Waals surface area contributed by atoms with E-state index in [1.54, 1.807) is 6.07 Å². The lowest BCUT2D eigenvalue weighted by molar-refractivity contribution is 0.0695. The number of nitrogens with one attached hydrogen (secondary N) is 1. The van der Waals surface area contributed by atoms with Crippen LogP contribution >= 0.6 is 15.9 Å². The number of halogens is 1. The topological polar surface area (TPSA) is 49.3 Å². The fourth-order valence-electron chi connectivity index (χ4n) is 2.82. The molecule has 4 heteroatoms. The number of carbonyl (C=O) groups is 1. The summed E-state index contributed by atoms with van der Waals surface area (Å²) in [6.45, 7) is 2.39. The minimum atomic E-state index is -0.909. The second-order valence-electron chi connectivity index (χ2n) is 5.86. The summed E-state index contributed by atoms with van der Waals surface area (Å²) in [5.74, 6) is -0.909. The van der Waals surface area contributed by atoms with E-state index >= 15 is 0 Å². The van der Waals surface area contributed by atoms with E-state index in [2.05, 4.69) is 21.2 Å². The smallest absolute Gasteiger partial charge is 0.336 e. The highest BCUT2D eigenvalue weighted by Crippen LogP contribution is 2.27. The molecule has 0 fully saturated rings. The molecular formula is C21H18BrNO2. The van der Waals surface area contributed by atoms with Crippen LogP contribution in [0.1, 0.15) is 21.5 Å². The SMILES string of the molecule is Cc1cc(C(=O)O)c(CNc2cccc(Br)c2)cc1-c1ccccc1. The van der Waals surface area contributed by atoms with E-state index in [1.165, 1.54) is 0 Å². The van der Waals surface area contributed by atoms with E-state index in [4.69, 9.17) is 0 Å². The van der Waals surface area contributed by atoms with E-state index in [9.17, 15) is 9.90 Å². The predicted octanol–water partition coefficient (Wildman–Crippen LogP) is 5.73. The molecule has 0 aliphatic carbocycles. The van der Waals surface area contributed by atoms with Crippen LogP contribution in [0.5, 0.6) is 0 Å². The van der Waals surface area contributed by atoms with Crippen molar-refractivity contribution < 1.29 is 9.90 Å². The maximum Gasteiger partial charge on any atom is 0.336 e. The number of aromatic carboxylic acids is 1. The van der Waals surface area contributed by atoms with Crippen molar-refractivity contribution in [3.8, 4) is 11.1 Å². The molecule has 25 heavy (non-hydrogen) atoms. The molecule has 0 unspecified atom stereocenters. The highest BCUT2D eigenvalue weighted by atomic mass is 79.9. The van der Waals surface area contributed by atoms with Crippen LogP contribution in [-0.4, -0.2) is 11.1 Å². The van der Waals surface area contributed by atoms with E-state index < -0.39 is 5.97 Å². The van der Waals surface area contributed by atoms with Gasteiger partial charge < -0.3 is 10.4 Å². The van der Waals surface area contributed by atoms with E-state index in [1.807, 2.05) is 67.6 Å². The third-order valence-corrected chi connectivity index (χ3v) is 4.57. The molecule has 0 saturated carbocycles. The van der Waals surface area contributed by atoms with Gasteiger partial charge in [-0.25, -0.2) is 4.79 Å². The fourth-order valence-corrected chi connectivity index (χ4v) is 3.22. The molecule has 0 spiro atoms. The standard InChI is InChI=1S/C21H18BrNO2/c1-14-10-20(21(24)25)16(11-19(14)15-6-3-2-4-7-15)13-23-18-9-5-8-17(22)12-18/h2-12,23H,13H2,1H3,(H,24,25). The Hall–Kier alpha value is -2.59. The minimum Gasteiger partial charge on any atom is -0.478 e. The lowest BCUT2D eigenvalue weighted by atomic mass is 9.94. The van der Waals surface area contributed by atoms with Crippen LogP contribution in [-0.2, 0) is 6.54 Å². The van der Waals surface area contributed by atoms with Crippen molar-refractivity contribution in [1.29, 1.82) is 0 Å². The van der Waals surface area contributed by atoms with Gasteiger partial charge in [-0.15, -0.1) is 0 Å². The molecule has 3 rings (SSSR count). The van der Waals surface area contributed by atoms with Gasteiger partial charge in [0.2, 0.25) is 0 Å². The van der Waals surface area contributed by atoms with E-state index in [0.717, 1.165) is 32.4 Å². The Kier molecular flexibility index (Phi) is 5.19. The van der Waals surface area contributed by atoms with Gasteiger partial charge in [0.25, 0.3) is 0 Å². The third-order valence-electron chi connectivity index (χ3n) is 4.07. The molecule has 0 radical (unpaired) electrons. The van der Waals surface area contributed by atoms with E-state index in [-0.39, 0.29) is 0 Å². The quantitative estimate of drug-likeness (QED) is 0.579. The van der Waals surface area contributed by atoms with Crippen LogP contribution in [0.4, 0.5) is 5.69 Å². The number of aryl methyl sites for hydroxylation is 1. The predicted molar refractivity (Wildman–Crippen MR) is 105 cm³/mol. The first kappa shape index (κ1) is 17.2. The van der Waals surface area contributed by atoms with Crippen LogP contribution in [0, 0.1) is 6.92 Å². The molecule has 2 N–H and O–H groups in total. The number of carboxylic acids is 1. The average molecular weight is 396 g/mol. The normalized spacial score (nSPS) is 10.5. The number of hydrogen-bond donors (Lipinski definition) is 2. The Bertz CT molecular complexity index is 907. The number of rotatable bonds is 5. The summed E-state index contributed by atoms with van der Waals surface area (Å²) in [4.78, 5) is 11.7. The Morgan fingerprint density at radius 3 is 2.48 bits per heavy atom. The summed E-state index contributed by atoms with van der Waals surface area (Å²) >= 11 is 3.44. The molecule has 3 nitrogen and oxygen atoms in total. The number of benzene rings is 3. The van der Waals surface area contributed by atoms with Crippen molar-refractivity contribution in [1.82, 2.24) is 0 Å². The lowest BCUT2D eigenvalue weighted by Gasteiger charge is -2.14. The van der Waals surface area contributed by atoms with Gasteiger partial charge in [0.1, 0.15) is 0 Å². The first-order valence-corrected chi connectivity index (χ1v) is 8.75. The van der Waals surface area contributed by atoms with Crippen LogP contribution in [0.3, 0.4) is 0 Å². The molecule has 0 aliphatic rings. The number of anilines is 1. The van der Waals surface area contributed by atoms with Gasteiger partial charge in [0, 0.05) is 16.7 Å². The number of carboxylic acid groups (broad SMARTS) is 1. The van der Waals surface area contributed by atoms with Crippen molar-refractivity contribution in [2.24, 2.45) is 0 Å². The number of hydrogen-bond acceptors (Lipinski definition) is 2. The zero-order valence-corrected chi connectivity index (χ0v) is 15.4. The van der Waals surface area contributed by atoms with Crippen LogP contribution in [0.25, 0.3) is 11.1 Å². The molecule has 3 aromatic rings. The highest BCUT2D eigenvalue weighted by molar-refractivity contribution is 9.10. The summed E-state index contributed by atoms with van der Waals surface area (Å²) in [6.07, 6.45) is 0. The van der Waals surface area contributed by atoms with Crippen molar-refractivity contribution in [3.05, 3.63) is 87.9 Å². The van der Waals surface area contributed by atoms with Crippen LogP contribution in [0.2, 0.25) is 0 Å². The van der Waals surface area contributed by atoms with Crippen LogP contribution < -0.4 is 5.32 Å². The maximum absolute atomic E-state index is 11.7. The third kappa shape index (κ3) is 4.09. The maximum atomic E-state index is 11.7. The molecule has 0 aromatic heterocycles. The summed E-state index contributed by atoms with van der Waals surface area (Å²) in [7, 11) is 0. The Morgan fingerprint density at radius 1 is 1.04 bits per heavy atom. The molecule has 0 aliphatic heterocycles. The molecular weight excluding hydrogens is 378 g/mol. The molecule has 0 saturated heterocycles. The lowest BCUT2D eigenvalue weighted by Crippen LogP contribution is -2.08. The molecule has 0 amide bonds. The average Bonchev–Trinajstić information content (AvgIpc) is 2.61. The summed E-state index contributed by atoms with van der Waals surface area (Å²) in [5.41, 5.74) is 5.12. The van der Waals surface area contributed by atoms with Crippen molar-refractivity contribution in [2.75, 3.05) is 5.32 Å². The van der Waals surface area contributed by atoms with Gasteiger partial charge in [-0.05, 0) is 59.5 Å². The van der Waals surface area contributed by atoms with Gasteiger partial charge in [-0.3, -0.25) is 0 Å². The molecule has 0 atom stereocenters. The Balaban J connectivity index is 1.97. The van der Waals surface area contributed by atoms with Crippen molar-refractivity contribution >= 4 is 27.6 Å². The molecule has 0 bridgehead atoms. The Morgan fingerprint density at radius 2 is 1.80 bits per heavy atom. The molecule has 0 heterocycles. The highest BCUT2D eigenvalue weighted by Gasteiger charge is 2.14. The van der Waals surface area contributed by atoms with Crippen molar-refractivity contribution in [3.63, 3.8) is 0 Å².